The van der Waals surface area contributed by atoms with Gasteiger partial charge in [-0.15, -0.1) is 0 Å². The number of carbonyl (C=O) groups excluding carboxylic acids is 2. The Hall–Kier alpha value is -3.85. The molecule has 0 aliphatic carbocycles. The number of carbonyl (C=O) groups is 2. The number of amides is 2. The fourth-order valence-electron chi connectivity index (χ4n) is 3.99. The molecule has 3 heterocycles. The number of furan rings is 1. The maximum Gasteiger partial charge on any atom is 0.283 e. The fourth-order valence-corrected chi connectivity index (χ4v) is 4.91. The van der Waals surface area contributed by atoms with Crippen LogP contribution in [0.1, 0.15) is 5.76 Å². The first-order chi connectivity index (χ1) is 17.1. The van der Waals surface area contributed by atoms with Crippen LogP contribution in [0.25, 0.3) is 6.08 Å². The summed E-state index contributed by atoms with van der Waals surface area (Å²) in [5, 5.41) is 0.456. The molecule has 2 aliphatic rings. The maximum absolute atomic E-state index is 13.2. The largest absolute Gasteiger partial charge is 0.465 e. The number of benzene rings is 2. The molecule has 7 nitrogen and oxygen atoms in total. The smallest absolute Gasteiger partial charge is 0.283 e. The molecule has 0 spiro atoms. The van der Waals surface area contributed by atoms with Crippen LogP contribution in [0.2, 0.25) is 0 Å². The van der Waals surface area contributed by atoms with Crippen molar-refractivity contribution in [2.24, 2.45) is 4.99 Å². The van der Waals surface area contributed by atoms with E-state index in [1.165, 1.54) is 35.1 Å². The summed E-state index contributed by atoms with van der Waals surface area (Å²) in [6.45, 7) is 2.50. The molecule has 1 saturated heterocycles. The predicted octanol–water partition coefficient (Wildman–Crippen LogP) is 4.24. The number of hydrogen-bond donors (Lipinski definition) is 0. The van der Waals surface area contributed by atoms with Gasteiger partial charge >= 0.3 is 0 Å². The Kier molecular flexibility index (Phi) is 6.67. The van der Waals surface area contributed by atoms with Gasteiger partial charge in [0.05, 0.1) is 17.7 Å². The van der Waals surface area contributed by atoms with Gasteiger partial charge in [0.2, 0.25) is 5.91 Å². The lowest BCUT2D eigenvalue weighted by Gasteiger charge is -2.36. The van der Waals surface area contributed by atoms with E-state index in [0.29, 0.717) is 42.8 Å². The predicted molar refractivity (Wildman–Crippen MR) is 136 cm³/mol. The van der Waals surface area contributed by atoms with E-state index in [0.717, 1.165) is 5.69 Å². The van der Waals surface area contributed by atoms with Gasteiger partial charge in [-0.1, -0.05) is 30.0 Å². The molecule has 0 radical (unpaired) electrons. The Labute approximate surface area is 206 Å². The van der Waals surface area contributed by atoms with Gasteiger partial charge in [0.25, 0.3) is 5.91 Å². The van der Waals surface area contributed by atoms with Crippen LogP contribution in [-0.2, 0) is 9.59 Å². The molecule has 2 amide bonds. The molecule has 2 aliphatic heterocycles. The molecule has 0 bridgehead atoms. The van der Waals surface area contributed by atoms with Crippen molar-refractivity contribution in [1.82, 2.24) is 4.90 Å². The van der Waals surface area contributed by atoms with Crippen molar-refractivity contribution >= 4 is 46.2 Å². The van der Waals surface area contributed by atoms with Gasteiger partial charge in [-0.2, -0.15) is 0 Å². The average molecular weight is 491 g/mol. The monoisotopic (exact) mass is 490 g/mol. The van der Waals surface area contributed by atoms with E-state index in [-0.39, 0.29) is 29.1 Å². The van der Waals surface area contributed by atoms with Gasteiger partial charge in [-0.3, -0.25) is 14.5 Å². The van der Waals surface area contributed by atoms with Crippen molar-refractivity contribution in [3.63, 3.8) is 0 Å². The molecule has 2 aromatic carbocycles. The minimum atomic E-state index is -0.268. The van der Waals surface area contributed by atoms with Crippen LogP contribution in [0.3, 0.4) is 0 Å². The zero-order valence-electron chi connectivity index (χ0n) is 18.8. The van der Waals surface area contributed by atoms with Gasteiger partial charge in [-0.05, 0) is 48.5 Å². The topological polar surface area (TPSA) is 69.4 Å². The molecule has 178 valence electrons. The van der Waals surface area contributed by atoms with E-state index in [4.69, 9.17) is 4.42 Å². The number of halogens is 1. The van der Waals surface area contributed by atoms with E-state index >= 15 is 0 Å². The summed E-state index contributed by atoms with van der Waals surface area (Å²) >= 11 is 1.24. The summed E-state index contributed by atoms with van der Waals surface area (Å²) in [5.74, 6) is 0.155. The van der Waals surface area contributed by atoms with Gasteiger partial charge in [0, 0.05) is 37.9 Å². The lowest BCUT2D eigenvalue weighted by atomic mass is 10.2. The number of piperazine rings is 1. The molecular weight excluding hydrogens is 467 g/mol. The highest BCUT2D eigenvalue weighted by Crippen LogP contribution is 2.29. The van der Waals surface area contributed by atoms with Crippen LogP contribution in [0.5, 0.6) is 0 Å². The van der Waals surface area contributed by atoms with Gasteiger partial charge in [0.15, 0.2) is 5.17 Å². The molecule has 9 heteroatoms. The molecule has 5 rings (SSSR count). The van der Waals surface area contributed by atoms with Crippen molar-refractivity contribution in [1.29, 1.82) is 0 Å². The van der Waals surface area contributed by atoms with E-state index in [1.54, 1.807) is 30.3 Å². The normalized spacial score (nSPS) is 17.3. The number of anilines is 2. The molecular formula is C26H23FN4O3S. The van der Waals surface area contributed by atoms with Crippen molar-refractivity contribution in [3.8, 4) is 0 Å². The summed E-state index contributed by atoms with van der Waals surface area (Å²) in [6, 6.07) is 19.1. The fraction of sp³-hybridized carbons (Fsp3) is 0.192. The highest BCUT2D eigenvalue weighted by Gasteiger charge is 2.33. The molecule has 1 fully saturated rings. The Bertz CT molecular complexity index is 1250. The van der Waals surface area contributed by atoms with Crippen molar-refractivity contribution < 1.29 is 18.4 Å². The molecule has 0 saturated carbocycles. The third kappa shape index (κ3) is 5.14. The first-order valence-electron chi connectivity index (χ1n) is 11.2. The first kappa shape index (κ1) is 22.9. The quantitative estimate of drug-likeness (QED) is 0.501. The van der Waals surface area contributed by atoms with Crippen molar-refractivity contribution in [3.05, 3.63) is 90.3 Å². The first-order valence-corrected chi connectivity index (χ1v) is 12.2. The zero-order valence-corrected chi connectivity index (χ0v) is 19.7. The number of para-hydroxylation sites is 1. The average Bonchev–Trinajstić information content (AvgIpc) is 3.51. The number of thioether (sulfide) groups is 1. The standard InChI is InChI=1S/C26H23FN4O3S/c27-19-8-10-20(11-9-19)29-12-14-30(15-13-29)24(32)18-35-26-28-23(17-22-7-4-16-34-22)25(33)31(26)21-5-2-1-3-6-21/h1-11,16-17H,12-15,18H2/b23-17-. The maximum atomic E-state index is 13.2. The third-order valence-corrected chi connectivity index (χ3v) is 6.74. The minimum absolute atomic E-state index is 0.0135. The highest BCUT2D eigenvalue weighted by atomic mass is 32.2. The molecule has 0 N–H and O–H groups in total. The number of nitrogens with zero attached hydrogens (tertiary/aromatic N) is 4. The summed E-state index contributed by atoms with van der Waals surface area (Å²) < 4.78 is 18.5. The molecule has 0 atom stereocenters. The minimum Gasteiger partial charge on any atom is -0.465 e. The second kappa shape index (κ2) is 10.2. The van der Waals surface area contributed by atoms with Crippen LogP contribution >= 0.6 is 11.8 Å². The Morgan fingerprint density at radius 1 is 0.971 bits per heavy atom. The number of hydrogen-bond acceptors (Lipinski definition) is 6. The summed E-state index contributed by atoms with van der Waals surface area (Å²) in [7, 11) is 0. The van der Waals surface area contributed by atoms with Crippen molar-refractivity contribution in [2.45, 2.75) is 0 Å². The Morgan fingerprint density at radius 2 is 1.71 bits per heavy atom. The van der Waals surface area contributed by atoms with Crippen LogP contribution in [0.4, 0.5) is 15.8 Å². The third-order valence-electron chi connectivity index (χ3n) is 5.82. The van der Waals surface area contributed by atoms with Gasteiger partial charge in [-0.25, -0.2) is 9.38 Å². The lowest BCUT2D eigenvalue weighted by molar-refractivity contribution is -0.128. The van der Waals surface area contributed by atoms with Crippen LogP contribution in [0.15, 0.2) is 88.1 Å². The van der Waals surface area contributed by atoms with Crippen LogP contribution in [0, 0.1) is 5.82 Å². The summed E-state index contributed by atoms with van der Waals surface area (Å²) in [6.07, 6.45) is 3.14. The molecule has 0 unspecified atom stereocenters. The van der Waals surface area contributed by atoms with Gasteiger partial charge in [0.1, 0.15) is 17.3 Å². The van der Waals surface area contributed by atoms with E-state index in [2.05, 4.69) is 9.89 Å². The SMILES string of the molecule is O=C(CSC1=N/C(=C\c2ccco2)C(=O)N1c1ccccc1)N1CCN(c2ccc(F)cc2)CC1. The Balaban J connectivity index is 1.25. The second-order valence-corrected chi connectivity index (χ2v) is 8.99. The van der Waals surface area contributed by atoms with Crippen molar-refractivity contribution in [2.75, 3.05) is 41.7 Å². The highest BCUT2D eigenvalue weighted by molar-refractivity contribution is 8.14. The number of rotatable bonds is 5. The van der Waals surface area contributed by atoms with E-state index in [1.807, 2.05) is 35.2 Å². The summed E-state index contributed by atoms with van der Waals surface area (Å²) in [5.41, 5.74) is 1.89. The lowest BCUT2D eigenvalue weighted by Crippen LogP contribution is -2.49. The summed E-state index contributed by atoms with van der Waals surface area (Å²) in [4.78, 5) is 36.1. The number of amidine groups is 1. The molecule has 35 heavy (non-hydrogen) atoms. The zero-order chi connectivity index (χ0) is 24.2. The molecule has 3 aromatic rings. The molecule has 1 aromatic heterocycles. The van der Waals surface area contributed by atoms with Crippen LogP contribution in [-0.4, -0.2) is 53.8 Å². The number of aliphatic imine (C=N–C) groups is 1. The Morgan fingerprint density at radius 3 is 2.40 bits per heavy atom. The second-order valence-electron chi connectivity index (χ2n) is 8.05. The van der Waals surface area contributed by atoms with E-state index in [9.17, 15) is 14.0 Å². The van der Waals surface area contributed by atoms with Crippen LogP contribution < -0.4 is 9.80 Å². The van der Waals surface area contributed by atoms with Gasteiger partial charge < -0.3 is 14.2 Å². The van der Waals surface area contributed by atoms with E-state index < -0.39 is 0 Å².